The van der Waals surface area contributed by atoms with Crippen molar-refractivity contribution in [3.8, 4) is 0 Å². The second-order valence-corrected chi connectivity index (χ2v) is 3.95. The number of aromatic nitrogens is 1. The highest BCUT2D eigenvalue weighted by Crippen LogP contribution is 2.21. The molecule has 0 spiro atoms. The summed E-state index contributed by atoms with van der Waals surface area (Å²) in [5.41, 5.74) is 7.84. The summed E-state index contributed by atoms with van der Waals surface area (Å²) < 4.78 is 10.7. The second-order valence-electron chi connectivity index (χ2n) is 3.95. The van der Waals surface area contributed by atoms with Crippen molar-refractivity contribution in [2.24, 2.45) is 0 Å². The van der Waals surface area contributed by atoms with Gasteiger partial charge in [-0.15, -0.1) is 0 Å². The van der Waals surface area contributed by atoms with E-state index < -0.39 is 0 Å². The average molecular weight is 235 g/mol. The van der Waals surface area contributed by atoms with Crippen LogP contribution in [-0.4, -0.2) is 24.7 Å². The zero-order valence-electron chi connectivity index (χ0n) is 10.1. The van der Waals surface area contributed by atoms with Crippen LogP contribution in [-0.2, 0) is 4.74 Å². The Balaban J connectivity index is 2.18. The number of anilines is 2. The number of fused-ring (bicyclic) bond motifs is 1. The lowest BCUT2D eigenvalue weighted by atomic mass is 10.2. The number of hydrogen-bond acceptors (Lipinski definition) is 5. The molecule has 0 bridgehead atoms. The van der Waals surface area contributed by atoms with Crippen LogP contribution < -0.4 is 11.1 Å². The Morgan fingerprint density at radius 3 is 3.06 bits per heavy atom. The lowest BCUT2D eigenvalue weighted by Crippen LogP contribution is -2.23. The Labute approximate surface area is 100.0 Å². The Kier molecular flexibility index (Phi) is 3.49. The molecule has 5 heteroatoms. The quantitative estimate of drug-likeness (QED) is 0.777. The van der Waals surface area contributed by atoms with Crippen LogP contribution in [0.15, 0.2) is 22.6 Å². The summed E-state index contributed by atoms with van der Waals surface area (Å²) in [4.78, 5) is 4.33. The topological polar surface area (TPSA) is 73.3 Å². The fourth-order valence-corrected chi connectivity index (χ4v) is 1.64. The van der Waals surface area contributed by atoms with E-state index in [9.17, 15) is 0 Å². The fraction of sp³-hybridized carbons (Fsp3) is 0.417. The molecule has 3 N–H and O–H groups in total. The molecule has 1 heterocycles. The second kappa shape index (κ2) is 5.05. The third-order valence-electron chi connectivity index (χ3n) is 2.60. The van der Waals surface area contributed by atoms with Gasteiger partial charge in [-0.1, -0.05) is 6.92 Å². The Bertz CT molecular complexity index is 495. The summed E-state index contributed by atoms with van der Waals surface area (Å²) in [5, 5.41) is 3.19. The molecule has 0 aliphatic carbocycles. The van der Waals surface area contributed by atoms with Crippen molar-refractivity contribution < 1.29 is 9.15 Å². The lowest BCUT2D eigenvalue weighted by molar-refractivity contribution is 0.183. The molecule has 1 aromatic carbocycles. The molecule has 2 rings (SSSR count). The summed E-state index contributed by atoms with van der Waals surface area (Å²) in [5.74, 6) is 0. The molecule has 5 nitrogen and oxygen atoms in total. The first-order chi connectivity index (χ1) is 8.22. The van der Waals surface area contributed by atoms with Gasteiger partial charge in [0.1, 0.15) is 5.52 Å². The van der Waals surface area contributed by atoms with E-state index in [1.54, 1.807) is 19.2 Å². The first kappa shape index (κ1) is 11.7. The van der Waals surface area contributed by atoms with Gasteiger partial charge in [0.25, 0.3) is 6.01 Å². The van der Waals surface area contributed by atoms with Crippen molar-refractivity contribution >= 4 is 22.8 Å². The van der Waals surface area contributed by atoms with Gasteiger partial charge in [0.05, 0.1) is 12.6 Å². The van der Waals surface area contributed by atoms with Crippen molar-refractivity contribution in [1.29, 1.82) is 0 Å². The molecular weight excluding hydrogens is 218 g/mol. The van der Waals surface area contributed by atoms with Gasteiger partial charge in [-0.3, -0.25) is 0 Å². The van der Waals surface area contributed by atoms with Gasteiger partial charge in [0.15, 0.2) is 5.58 Å². The molecule has 0 fully saturated rings. The third kappa shape index (κ3) is 2.68. The van der Waals surface area contributed by atoms with Crippen LogP contribution in [0.3, 0.4) is 0 Å². The number of rotatable bonds is 5. The van der Waals surface area contributed by atoms with Gasteiger partial charge in [0.2, 0.25) is 0 Å². The number of nitrogen functional groups attached to an aromatic ring is 1. The molecule has 92 valence electrons. The molecule has 0 aliphatic rings. The molecule has 0 saturated carbocycles. The number of nitrogens with one attached hydrogen (secondary N) is 1. The van der Waals surface area contributed by atoms with E-state index in [0.29, 0.717) is 23.9 Å². The average Bonchev–Trinajstić information content (AvgIpc) is 2.69. The summed E-state index contributed by atoms with van der Waals surface area (Å²) in [7, 11) is 1.68. The first-order valence-corrected chi connectivity index (χ1v) is 5.64. The van der Waals surface area contributed by atoms with Crippen LogP contribution >= 0.6 is 0 Å². The number of hydrogen-bond donors (Lipinski definition) is 2. The van der Waals surface area contributed by atoms with Gasteiger partial charge < -0.3 is 20.2 Å². The number of oxazole rings is 1. The molecule has 0 amide bonds. The normalized spacial score (nSPS) is 12.8. The lowest BCUT2D eigenvalue weighted by Gasteiger charge is -2.13. The van der Waals surface area contributed by atoms with Crippen LogP contribution in [0.4, 0.5) is 11.7 Å². The van der Waals surface area contributed by atoms with Gasteiger partial charge in [0, 0.05) is 18.9 Å². The standard InChI is InChI=1S/C12H17N3O2/c1-3-9(7-16-2)14-12-15-10-5-4-8(13)6-11(10)17-12/h4-6,9H,3,7,13H2,1-2H3,(H,14,15). The third-order valence-corrected chi connectivity index (χ3v) is 2.60. The molecule has 1 atom stereocenters. The highest BCUT2D eigenvalue weighted by atomic mass is 16.5. The van der Waals surface area contributed by atoms with Crippen molar-refractivity contribution in [1.82, 2.24) is 4.98 Å². The monoisotopic (exact) mass is 235 g/mol. The molecule has 0 aliphatic heterocycles. The highest BCUT2D eigenvalue weighted by Gasteiger charge is 2.10. The molecule has 0 saturated heterocycles. The van der Waals surface area contributed by atoms with Crippen LogP contribution in [0, 0.1) is 0 Å². The summed E-state index contributed by atoms with van der Waals surface area (Å²) >= 11 is 0. The van der Waals surface area contributed by atoms with Crippen LogP contribution in [0.5, 0.6) is 0 Å². The zero-order valence-corrected chi connectivity index (χ0v) is 10.1. The number of nitrogens with two attached hydrogens (primary N) is 1. The van der Waals surface area contributed by atoms with E-state index >= 15 is 0 Å². The summed E-state index contributed by atoms with van der Waals surface area (Å²) in [6, 6.07) is 6.13. The maximum atomic E-state index is 5.68. The van der Waals surface area contributed by atoms with Crippen molar-refractivity contribution in [2.75, 3.05) is 24.8 Å². The van der Waals surface area contributed by atoms with E-state index in [2.05, 4.69) is 17.2 Å². The fourth-order valence-electron chi connectivity index (χ4n) is 1.64. The van der Waals surface area contributed by atoms with Crippen molar-refractivity contribution in [3.05, 3.63) is 18.2 Å². The molecule has 0 radical (unpaired) electrons. The minimum atomic E-state index is 0.199. The molecule has 1 aromatic heterocycles. The van der Waals surface area contributed by atoms with E-state index in [1.807, 2.05) is 6.07 Å². The van der Waals surface area contributed by atoms with Crippen molar-refractivity contribution in [3.63, 3.8) is 0 Å². The minimum Gasteiger partial charge on any atom is -0.423 e. The van der Waals surface area contributed by atoms with Gasteiger partial charge in [-0.2, -0.15) is 4.98 Å². The zero-order chi connectivity index (χ0) is 12.3. The Morgan fingerprint density at radius 1 is 1.53 bits per heavy atom. The van der Waals surface area contributed by atoms with E-state index in [-0.39, 0.29) is 6.04 Å². The molecule has 1 unspecified atom stereocenters. The molecule has 17 heavy (non-hydrogen) atoms. The maximum absolute atomic E-state index is 5.68. The van der Waals surface area contributed by atoms with E-state index in [1.165, 1.54) is 0 Å². The van der Waals surface area contributed by atoms with Crippen LogP contribution in [0.1, 0.15) is 13.3 Å². The summed E-state index contributed by atoms with van der Waals surface area (Å²) in [6.45, 7) is 2.70. The van der Waals surface area contributed by atoms with E-state index in [0.717, 1.165) is 11.9 Å². The highest BCUT2D eigenvalue weighted by molar-refractivity contribution is 5.78. The predicted molar refractivity (Wildman–Crippen MR) is 68.0 cm³/mol. The maximum Gasteiger partial charge on any atom is 0.295 e. The largest absolute Gasteiger partial charge is 0.423 e. The van der Waals surface area contributed by atoms with Gasteiger partial charge in [-0.25, -0.2) is 0 Å². The smallest absolute Gasteiger partial charge is 0.295 e. The number of ether oxygens (including phenoxy) is 1. The van der Waals surface area contributed by atoms with Crippen LogP contribution in [0.2, 0.25) is 0 Å². The summed E-state index contributed by atoms with van der Waals surface area (Å²) in [6.07, 6.45) is 0.939. The molecular formula is C12H17N3O2. The predicted octanol–water partition coefficient (Wildman–Crippen LogP) is 2.25. The number of nitrogens with zero attached hydrogens (tertiary/aromatic N) is 1. The first-order valence-electron chi connectivity index (χ1n) is 5.64. The number of benzene rings is 1. The Morgan fingerprint density at radius 2 is 2.35 bits per heavy atom. The van der Waals surface area contributed by atoms with Crippen molar-refractivity contribution in [2.45, 2.75) is 19.4 Å². The van der Waals surface area contributed by atoms with Gasteiger partial charge >= 0.3 is 0 Å². The SMILES string of the molecule is CCC(COC)Nc1nc2ccc(N)cc2o1. The van der Waals surface area contributed by atoms with E-state index in [4.69, 9.17) is 14.9 Å². The van der Waals surface area contributed by atoms with Crippen LogP contribution in [0.25, 0.3) is 11.1 Å². The minimum absolute atomic E-state index is 0.199. The number of methoxy groups -OCH3 is 1. The Hall–Kier alpha value is -1.75. The van der Waals surface area contributed by atoms with Gasteiger partial charge in [-0.05, 0) is 18.6 Å². The molecule has 2 aromatic rings.